The third kappa shape index (κ3) is 4.50. The van der Waals surface area contributed by atoms with Crippen LogP contribution >= 0.6 is 23.5 Å². The van der Waals surface area contributed by atoms with E-state index in [-0.39, 0.29) is 42.1 Å². The number of hydrogen-bond donors (Lipinski definition) is 3. The monoisotopic (exact) mass is 626 g/mol. The van der Waals surface area contributed by atoms with Crippen LogP contribution in [0, 0.1) is 11.3 Å². The molecule has 0 spiro atoms. The topological polar surface area (TPSA) is 204 Å². The summed E-state index contributed by atoms with van der Waals surface area (Å²) in [6.07, 6.45) is -0.470. The van der Waals surface area contributed by atoms with Crippen LogP contribution < -0.4 is 15.8 Å². The first-order valence-electron chi connectivity index (χ1n) is 11.5. The first-order valence-corrected chi connectivity index (χ1v) is 14.0. The minimum absolute atomic E-state index is 0.0387. The molecule has 1 saturated heterocycles. The van der Waals surface area contributed by atoms with Crippen LogP contribution in [0.5, 0.6) is 5.75 Å². The first kappa shape index (κ1) is 27.2. The van der Waals surface area contributed by atoms with E-state index in [4.69, 9.17) is 24.3 Å². The number of nitrogens with two attached hydrogens (primary N) is 1. The van der Waals surface area contributed by atoms with E-state index < -0.39 is 48.1 Å². The minimum Gasteiger partial charge on any atom is -0.461 e. The van der Waals surface area contributed by atoms with Crippen LogP contribution in [0.1, 0.15) is 23.7 Å². The van der Waals surface area contributed by atoms with E-state index in [1.165, 1.54) is 31.5 Å². The van der Waals surface area contributed by atoms with Gasteiger partial charge in [-0.25, -0.2) is 13.5 Å². The number of anilines is 1. The molecule has 2 aliphatic heterocycles. The number of rotatable bonds is 6. The molecule has 0 saturated carbocycles. The van der Waals surface area contributed by atoms with Crippen molar-refractivity contribution in [1.29, 1.82) is 5.26 Å². The largest absolute Gasteiger partial charge is 0.461 e. The Bertz CT molecular complexity index is 1620. The summed E-state index contributed by atoms with van der Waals surface area (Å²) in [4.78, 5) is 29.7. The Morgan fingerprint density at radius 1 is 1.49 bits per heavy atom. The average molecular weight is 627 g/mol. The number of ether oxygens (including phenoxy) is 2. The molecule has 2 aliphatic rings. The number of esters is 1. The zero-order valence-corrected chi connectivity index (χ0v) is 22.6. The molecule has 0 bridgehead atoms. The number of carbonyl (C=O) groups is 1. The standard InChI is InChI=1S/C22H21BrFN6O8P/c1-11(31)35-8-12-6-27-7-15-13(12)4-5-39(34,38-15)36-9-16-18(32)22(23,24)21(10-25,37-16)17-3-2-14-19(33)28-20(26)29-30(14)17/h2-3,6-7,16,18,32H,4-5,8-9H2,1H3,(H3,26,28,29,33)/t16-,18+,21+,22?,39?/m1/s1. The quantitative estimate of drug-likeness (QED) is 0.202. The number of fused-ring (bicyclic) bond motifs is 2. The highest BCUT2D eigenvalue weighted by Crippen LogP contribution is 2.56. The molecule has 0 amide bonds. The lowest BCUT2D eigenvalue weighted by Crippen LogP contribution is -2.46. The molecule has 0 aromatic carbocycles. The fourth-order valence-electron chi connectivity index (χ4n) is 4.51. The number of H-pyrrole nitrogens is 1. The third-order valence-electron chi connectivity index (χ3n) is 6.42. The number of aliphatic hydroxyl groups excluding tert-OH is 1. The van der Waals surface area contributed by atoms with Crippen LogP contribution in [0.25, 0.3) is 5.52 Å². The van der Waals surface area contributed by atoms with Gasteiger partial charge >= 0.3 is 13.6 Å². The highest BCUT2D eigenvalue weighted by molar-refractivity contribution is 9.10. The van der Waals surface area contributed by atoms with Crippen molar-refractivity contribution in [2.45, 2.75) is 42.3 Å². The number of halogens is 2. The van der Waals surface area contributed by atoms with Crippen molar-refractivity contribution >= 4 is 41.0 Å². The van der Waals surface area contributed by atoms with Crippen molar-refractivity contribution in [2.75, 3.05) is 18.5 Å². The molecule has 3 aromatic rings. The summed E-state index contributed by atoms with van der Waals surface area (Å²) >= 11 is 2.79. The van der Waals surface area contributed by atoms with Crippen LogP contribution in [-0.4, -0.2) is 60.2 Å². The van der Waals surface area contributed by atoms with Crippen molar-refractivity contribution in [3.63, 3.8) is 0 Å². The fourth-order valence-corrected chi connectivity index (χ4v) is 6.79. The molecule has 3 aromatic heterocycles. The van der Waals surface area contributed by atoms with Crippen LogP contribution in [0.3, 0.4) is 0 Å². The Hall–Kier alpha value is -3.35. The Labute approximate surface area is 227 Å². The van der Waals surface area contributed by atoms with Crippen LogP contribution in [0.2, 0.25) is 0 Å². The highest BCUT2D eigenvalue weighted by Gasteiger charge is 2.69. The van der Waals surface area contributed by atoms with Crippen molar-refractivity contribution in [3.05, 3.63) is 51.7 Å². The zero-order chi connectivity index (χ0) is 28.2. The van der Waals surface area contributed by atoms with Gasteiger partial charge in [0, 0.05) is 24.2 Å². The highest BCUT2D eigenvalue weighted by atomic mass is 79.9. The van der Waals surface area contributed by atoms with Crippen molar-refractivity contribution in [2.24, 2.45) is 0 Å². The fraction of sp³-hybridized carbons (Fsp3) is 0.409. The summed E-state index contributed by atoms with van der Waals surface area (Å²) in [5.74, 6) is -0.604. The van der Waals surface area contributed by atoms with Gasteiger partial charge in [-0.2, -0.15) is 5.26 Å². The molecular formula is C22H21BrFN6O8P. The molecule has 206 valence electrons. The summed E-state index contributed by atoms with van der Waals surface area (Å²) in [6, 6.07) is 4.26. The van der Waals surface area contributed by atoms with E-state index in [9.17, 15) is 24.5 Å². The van der Waals surface area contributed by atoms with Gasteiger partial charge in [0.05, 0.1) is 24.7 Å². The third-order valence-corrected chi connectivity index (χ3v) is 9.24. The van der Waals surface area contributed by atoms with Crippen molar-refractivity contribution in [1.82, 2.24) is 19.6 Å². The summed E-state index contributed by atoms with van der Waals surface area (Å²) in [5.41, 5.74) is 3.42. The van der Waals surface area contributed by atoms with E-state index in [0.29, 0.717) is 11.1 Å². The maximum Gasteiger partial charge on any atom is 0.379 e. The number of aromatic amines is 1. The maximum atomic E-state index is 16.1. The second-order valence-corrected chi connectivity index (χ2v) is 12.2. The van der Waals surface area contributed by atoms with Gasteiger partial charge in [0.2, 0.25) is 16.1 Å². The molecule has 39 heavy (non-hydrogen) atoms. The average Bonchev–Trinajstić information content (AvgIpc) is 3.39. The molecule has 0 aliphatic carbocycles. The Morgan fingerprint density at radius 2 is 2.26 bits per heavy atom. The van der Waals surface area contributed by atoms with Crippen molar-refractivity contribution < 1.29 is 37.4 Å². The van der Waals surface area contributed by atoms with E-state index in [0.717, 1.165) is 4.52 Å². The molecule has 4 N–H and O–H groups in total. The molecule has 5 rings (SSSR count). The zero-order valence-electron chi connectivity index (χ0n) is 20.2. The number of alkyl halides is 2. The Kier molecular flexibility index (Phi) is 6.76. The Morgan fingerprint density at radius 3 is 2.97 bits per heavy atom. The van der Waals surface area contributed by atoms with Crippen LogP contribution in [-0.2, 0) is 42.0 Å². The molecule has 1 fully saturated rings. The molecule has 14 nitrogen and oxygen atoms in total. The molecule has 5 atom stereocenters. The van der Waals surface area contributed by atoms with Gasteiger partial charge in [-0.3, -0.25) is 24.1 Å². The number of nitrogen functional groups attached to an aromatic ring is 1. The number of hydrogen-bond acceptors (Lipinski definition) is 12. The van der Waals surface area contributed by atoms with Gasteiger partial charge < -0.3 is 24.8 Å². The number of nitrogens with zero attached hydrogens (tertiary/aromatic N) is 4. The maximum absolute atomic E-state index is 16.1. The molecule has 17 heteroatoms. The molecule has 5 heterocycles. The van der Waals surface area contributed by atoms with Gasteiger partial charge in [0.25, 0.3) is 5.56 Å². The number of aliphatic hydroxyl groups is 1. The van der Waals surface area contributed by atoms with E-state index in [1.807, 2.05) is 0 Å². The Balaban J connectivity index is 1.38. The molecule has 0 radical (unpaired) electrons. The summed E-state index contributed by atoms with van der Waals surface area (Å²) in [7, 11) is -3.83. The second kappa shape index (κ2) is 9.68. The van der Waals surface area contributed by atoms with Gasteiger partial charge in [0.1, 0.15) is 30.4 Å². The van der Waals surface area contributed by atoms with Gasteiger partial charge in [0.15, 0.2) is 5.75 Å². The number of nitriles is 1. The molecule has 2 unspecified atom stereocenters. The van der Waals surface area contributed by atoms with Crippen molar-refractivity contribution in [3.8, 4) is 11.8 Å². The van der Waals surface area contributed by atoms with E-state index in [2.05, 4.69) is 31.0 Å². The lowest BCUT2D eigenvalue weighted by Gasteiger charge is -2.29. The first-order chi connectivity index (χ1) is 18.4. The lowest BCUT2D eigenvalue weighted by atomic mass is 9.93. The van der Waals surface area contributed by atoms with E-state index in [1.54, 1.807) is 6.07 Å². The summed E-state index contributed by atoms with van der Waals surface area (Å²) in [5, 5.41) is 24.8. The van der Waals surface area contributed by atoms with Crippen LogP contribution in [0.15, 0.2) is 29.3 Å². The number of pyridine rings is 1. The number of carbonyl (C=O) groups excluding carboxylic acids is 1. The summed E-state index contributed by atoms with van der Waals surface area (Å²) in [6.45, 7) is 0.614. The molecular weight excluding hydrogens is 606 g/mol. The summed E-state index contributed by atoms with van der Waals surface area (Å²) < 4.78 is 49.4. The predicted molar refractivity (Wildman–Crippen MR) is 134 cm³/mol. The minimum atomic E-state index is -3.83. The number of aromatic nitrogens is 4. The smallest absolute Gasteiger partial charge is 0.379 e. The van der Waals surface area contributed by atoms with Gasteiger partial charge in [-0.05, 0) is 34.5 Å². The predicted octanol–water partition coefficient (Wildman–Crippen LogP) is 1.45. The lowest BCUT2D eigenvalue weighted by molar-refractivity contribution is -0.142. The second-order valence-electron chi connectivity index (χ2n) is 8.90. The number of nitrogens with one attached hydrogen (secondary N) is 1. The normalized spacial score (nSPS) is 29.9. The van der Waals surface area contributed by atoms with Gasteiger partial charge in [-0.1, -0.05) is 0 Å². The SMILES string of the molecule is CC(=O)OCc1cncc2c1CCP(=O)(OC[C@H]1O[C@@](C#N)(c3ccc4c(=O)[nH]c(N)nn34)C(F)(Br)[C@H]1O)O2. The van der Waals surface area contributed by atoms with Gasteiger partial charge in [-0.15, -0.1) is 5.10 Å². The van der Waals surface area contributed by atoms with E-state index >= 15 is 4.39 Å². The van der Waals surface area contributed by atoms with Crippen LogP contribution in [0.4, 0.5) is 10.3 Å².